The van der Waals surface area contributed by atoms with Crippen LogP contribution in [0.1, 0.15) is 18.4 Å². The van der Waals surface area contributed by atoms with Crippen molar-refractivity contribution in [3.05, 3.63) is 29.3 Å². The van der Waals surface area contributed by atoms with Crippen molar-refractivity contribution in [1.82, 2.24) is 15.5 Å². The lowest BCUT2D eigenvalue weighted by atomic mass is 10.2. The minimum absolute atomic E-state index is 0.0483. The zero-order chi connectivity index (χ0) is 16.7. The van der Waals surface area contributed by atoms with Crippen molar-refractivity contribution in [2.24, 2.45) is 0 Å². The number of methoxy groups -OCH3 is 1. The van der Waals surface area contributed by atoms with Crippen molar-refractivity contribution in [3.8, 4) is 5.75 Å². The molecule has 7 nitrogen and oxygen atoms in total. The Balaban J connectivity index is 1.85. The van der Waals surface area contributed by atoms with Crippen LogP contribution in [0.25, 0.3) is 0 Å². The summed E-state index contributed by atoms with van der Waals surface area (Å²) in [5.74, 6) is 0.701. The van der Waals surface area contributed by atoms with Crippen LogP contribution in [0.3, 0.4) is 0 Å². The molecule has 0 aliphatic heterocycles. The van der Waals surface area contributed by atoms with Crippen LogP contribution >= 0.6 is 11.3 Å². The Morgan fingerprint density at radius 1 is 1.43 bits per heavy atom. The molecule has 0 saturated heterocycles. The van der Waals surface area contributed by atoms with E-state index in [2.05, 4.69) is 20.8 Å². The molecule has 0 saturated carbocycles. The van der Waals surface area contributed by atoms with Gasteiger partial charge in [0.25, 0.3) is 0 Å². The summed E-state index contributed by atoms with van der Waals surface area (Å²) in [6, 6.07) is 7.20. The Hall–Kier alpha value is -2.35. The molecule has 4 N–H and O–H groups in total. The van der Waals surface area contributed by atoms with E-state index in [-0.39, 0.29) is 11.9 Å². The number of hydrogen-bond donors (Lipinski definition) is 3. The second-order valence-electron chi connectivity index (χ2n) is 4.91. The van der Waals surface area contributed by atoms with Crippen molar-refractivity contribution >= 4 is 28.1 Å². The van der Waals surface area contributed by atoms with Crippen LogP contribution in [-0.4, -0.2) is 35.8 Å². The van der Waals surface area contributed by atoms with Gasteiger partial charge in [-0.05, 0) is 18.6 Å². The Morgan fingerprint density at radius 3 is 2.91 bits per heavy atom. The zero-order valence-electron chi connectivity index (χ0n) is 13.2. The van der Waals surface area contributed by atoms with Crippen LogP contribution in [0, 0.1) is 0 Å². The molecule has 1 atom stereocenters. The molecule has 23 heavy (non-hydrogen) atoms. The smallest absolute Gasteiger partial charge is 0.242 e. The molecule has 0 spiro atoms. The molecule has 1 heterocycles. The maximum absolute atomic E-state index is 12.3. The fraction of sp³-hybridized carbons (Fsp3) is 0.400. The van der Waals surface area contributed by atoms with Gasteiger partial charge in [0.1, 0.15) is 16.8 Å². The van der Waals surface area contributed by atoms with Crippen LogP contribution in [0.15, 0.2) is 24.3 Å². The van der Waals surface area contributed by atoms with E-state index in [9.17, 15) is 4.79 Å². The first-order valence-electron chi connectivity index (χ1n) is 7.38. The van der Waals surface area contributed by atoms with E-state index < -0.39 is 0 Å². The summed E-state index contributed by atoms with van der Waals surface area (Å²) in [7, 11) is 1.61. The molecule has 1 amide bonds. The van der Waals surface area contributed by atoms with Gasteiger partial charge in [0.2, 0.25) is 11.0 Å². The minimum atomic E-state index is -0.304. The van der Waals surface area contributed by atoms with Gasteiger partial charge in [-0.1, -0.05) is 24.3 Å². The van der Waals surface area contributed by atoms with E-state index in [0.29, 0.717) is 24.5 Å². The second-order valence-corrected chi connectivity index (χ2v) is 6.01. The molecule has 0 unspecified atom stereocenters. The summed E-state index contributed by atoms with van der Waals surface area (Å²) in [6.07, 6.45) is 1.30. The summed E-state index contributed by atoms with van der Waals surface area (Å²) in [4.78, 5) is 12.3. The lowest BCUT2D eigenvalue weighted by Gasteiger charge is -2.18. The number of rotatable bonds is 8. The number of hydrogen-bond acceptors (Lipinski definition) is 7. The van der Waals surface area contributed by atoms with Gasteiger partial charge < -0.3 is 21.1 Å². The number of ether oxygens (including phenoxy) is 1. The van der Waals surface area contributed by atoms with Gasteiger partial charge in [0, 0.05) is 24.7 Å². The highest BCUT2D eigenvalue weighted by molar-refractivity contribution is 7.15. The van der Waals surface area contributed by atoms with Gasteiger partial charge in [-0.2, -0.15) is 0 Å². The van der Waals surface area contributed by atoms with E-state index in [0.717, 1.165) is 16.4 Å². The first kappa shape index (κ1) is 17.0. The molecule has 124 valence electrons. The Labute approximate surface area is 139 Å². The van der Waals surface area contributed by atoms with Crippen molar-refractivity contribution in [3.63, 3.8) is 0 Å². The van der Waals surface area contributed by atoms with E-state index in [1.807, 2.05) is 31.2 Å². The summed E-state index contributed by atoms with van der Waals surface area (Å²) >= 11 is 1.34. The monoisotopic (exact) mass is 335 g/mol. The average Bonchev–Trinajstić information content (AvgIpc) is 2.98. The number of nitrogens with two attached hydrogens (primary N) is 1. The molecule has 0 radical (unpaired) electrons. The lowest BCUT2D eigenvalue weighted by Crippen LogP contribution is -2.40. The fourth-order valence-corrected chi connectivity index (χ4v) is 2.66. The lowest BCUT2D eigenvalue weighted by molar-refractivity contribution is -0.121. The molecule has 8 heteroatoms. The third-order valence-corrected chi connectivity index (χ3v) is 4.07. The standard InChI is InChI=1S/C15H21N5O2S/c1-3-12(18-10-5-4-6-11(9-10)22-2)14(21)17-8-7-13-19-20-15(16)23-13/h4-6,9,12,18H,3,7-8H2,1-2H3,(H2,16,20)(H,17,21)/t12-/m0/s1. The van der Waals surface area contributed by atoms with Gasteiger partial charge >= 0.3 is 0 Å². The highest BCUT2D eigenvalue weighted by atomic mass is 32.1. The zero-order valence-corrected chi connectivity index (χ0v) is 14.0. The maximum Gasteiger partial charge on any atom is 0.242 e. The molecule has 0 bridgehead atoms. The van der Waals surface area contributed by atoms with E-state index >= 15 is 0 Å². The summed E-state index contributed by atoms with van der Waals surface area (Å²) < 4.78 is 5.18. The summed E-state index contributed by atoms with van der Waals surface area (Å²) in [5.41, 5.74) is 6.38. The number of nitrogen functional groups attached to an aromatic ring is 1. The van der Waals surface area contributed by atoms with Crippen LogP contribution in [0.2, 0.25) is 0 Å². The van der Waals surface area contributed by atoms with E-state index in [1.165, 1.54) is 11.3 Å². The molecule has 2 rings (SSSR count). The van der Waals surface area contributed by atoms with Gasteiger partial charge in [0.05, 0.1) is 7.11 Å². The summed E-state index contributed by atoms with van der Waals surface area (Å²) in [5, 5.41) is 15.1. The number of aromatic nitrogens is 2. The Morgan fingerprint density at radius 2 is 2.26 bits per heavy atom. The highest BCUT2D eigenvalue weighted by Gasteiger charge is 2.16. The van der Waals surface area contributed by atoms with Crippen molar-refractivity contribution in [2.75, 3.05) is 24.7 Å². The molecule has 0 aliphatic carbocycles. The third-order valence-electron chi connectivity index (χ3n) is 3.26. The SMILES string of the molecule is CC[C@H](Nc1cccc(OC)c1)C(=O)NCCc1nnc(N)s1. The normalized spacial score (nSPS) is 11.7. The van der Waals surface area contributed by atoms with Crippen LogP contribution in [0.4, 0.5) is 10.8 Å². The predicted molar refractivity (Wildman–Crippen MR) is 91.7 cm³/mol. The summed E-state index contributed by atoms with van der Waals surface area (Å²) in [6.45, 7) is 2.46. The molecular formula is C15H21N5O2S. The Kier molecular flexibility index (Phi) is 6.16. The average molecular weight is 335 g/mol. The molecule has 2 aromatic rings. The molecule has 1 aromatic carbocycles. The minimum Gasteiger partial charge on any atom is -0.497 e. The maximum atomic E-state index is 12.3. The van der Waals surface area contributed by atoms with Gasteiger partial charge in [-0.3, -0.25) is 4.79 Å². The number of nitrogens with zero attached hydrogens (tertiary/aromatic N) is 2. The van der Waals surface area contributed by atoms with Crippen LogP contribution in [0.5, 0.6) is 5.75 Å². The topological polar surface area (TPSA) is 102 Å². The van der Waals surface area contributed by atoms with Gasteiger partial charge in [0.15, 0.2) is 0 Å². The van der Waals surface area contributed by atoms with E-state index in [4.69, 9.17) is 10.5 Å². The van der Waals surface area contributed by atoms with Gasteiger partial charge in [-0.15, -0.1) is 10.2 Å². The number of anilines is 2. The van der Waals surface area contributed by atoms with Crippen molar-refractivity contribution in [2.45, 2.75) is 25.8 Å². The molecule has 0 fully saturated rings. The van der Waals surface area contributed by atoms with Crippen LogP contribution < -0.4 is 21.1 Å². The van der Waals surface area contributed by atoms with Gasteiger partial charge in [-0.25, -0.2) is 0 Å². The van der Waals surface area contributed by atoms with Crippen molar-refractivity contribution in [1.29, 1.82) is 0 Å². The first-order valence-corrected chi connectivity index (χ1v) is 8.20. The third kappa shape index (κ3) is 5.10. The molecule has 0 aliphatic rings. The number of amides is 1. The number of carbonyl (C=O) groups is 1. The largest absolute Gasteiger partial charge is 0.497 e. The Bertz CT molecular complexity index is 646. The molecular weight excluding hydrogens is 314 g/mol. The quantitative estimate of drug-likeness (QED) is 0.678. The number of nitrogens with one attached hydrogen (secondary N) is 2. The van der Waals surface area contributed by atoms with Crippen LogP contribution in [-0.2, 0) is 11.2 Å². The fourth-order valence-electron chi connectivity index (χ4n) is 2.05. The van der Waals surface area contributed by atoms with E-state index in [1.54, 1.807) is 7.11 Å². The number of benzene rings is 1. The first-order chi connectivity index (χ1) is 11.1. The number of carbonyl (C=O) groups excluding carboxylic acids is 1. The highest BCUT2D eigenvalue weighted by Crippen LogP contribution is 2.18. The molecule has 1 aromatic heterocycles. The van der Waals surface area contributed by atoms with Crippen molar-refractivity contribution < 1.29 is 9.53 Å². The predicted octanol–water partition coefficient (Wildman–Crippen LogP) is 1.68. The second kappa shape index (κ2) is 8.33.